The van der Waals surface area contributed by atoms with Crippen molar-refractivity contribution in [2.45, 2.75) is 25.0 Å². The summed E-state index contributed by atoms with van der Waals surface area (Å²) in [5.41, 5.74) is 0.721. The van der Waals surface area contributed by atoms with Crippen molar-refractivity contribution in [3.05, 3.63) is 63.1 Å². The van der Waals surface area contributed by atoms with E-state index < -0.39 is 18.0 Å². The van der Waals surface area contributed by atoms with E-state index in [4.69, 9.17) is 9.15 Å². The second-order valence-electron chi connectivity index (χ2n) is 6.73. The Morgan fingerprint density at radius 2 is 2.22 bits per heavy atom. The lowest BCUT2D eigenvalue weighted by atomic mass is 10.0. The third-order valence-electron chi connectivity index (χ3n) is 4.47. The first kappa shape index (κ1) is 21.9. The van der Waals surface area contributed by atoms with Gasteiger partial charge in [0.25, 0.3) is 0 Å². The first-order chi connectivity index (χ1) is 15.5. The second kappa shape index (κ2) is 9.88. The fourth-order valence-corrected chi connectivity index (χ4v) is 4.48. The van der Waals surface area contributed by atoms with E-state index in [1.54, 1.807) is 37.3 Å². The molecule has 3 N–H and O–H groups in total. The van der Waals surface area contributed by atoms with Gasteiger partial charge in [0.1, 0.15) is 23.4 Å². The zero-order chi connectivity index (χ0) is 22.5. The smallest absolute Gasteiger partial charge is 0.338 e. The molecule has 1 atom stereocenters. The van der Waals surface area contributed by atoms with E-state index in [1.807, 2.05) is 29.7 Å². The summed E-state index contributed by atoms with van der Waals surface area (Å²) in [4.78, 5) is 30.6. The Hall–Kier alpha value is -3.31. The van der Waals surface area contributed by atoms with Crippen LogP contribution in [0.4, 0.5) is 4.79 Å². The van der Waals surface area contributed by atoms with Gasteiger partial charge in [-0.15, -0.1) is 16.4 Å². The van der Waals surface area contributed by atoms with Gasteiger partial charge in [0.15, 0.2) is 0 Å². The van der Waals surface area contributed by atoms with Gasteiger partial charge in [-0.25, -0.2) is 14.6 Å². The first-order valence-corrected chi connectivity index (χ1v) is 11.7. The molecule has 1 aliphatic heterocycles. The molecule has 0 bridgehead atoms. The Bertz CT molecular complexity index is 1160. The number of thiophene rings is 1. The highest BCUT2D eigenvalue weighted by Crippen LogP contribution is 2.31. The number of hydrogen-bond donors (Lipinski definition) is 3. The molecular weight excluding hydrogens is 450 g/mol. The van der Waals surface area contributed by atoms with Gasteiger partial charge in [0.05, 0.1) is 12.2 Å². The standard InChI is InChI=1S/C21H21N5O4S2/c1-3-29-19(27)17-14(22-20(28)24-18(17)15-8-6-12(2)30-15)11-32-21-23-16(25-26-21)9-7-13-5-4-10-31-13/h4-10,18H,3,11H2,1-2H3,(H2,22,24,28)(H,23,25,26)/b9-7+. The van der Waals surface area contributed by atoms with Gasteiger partial charge >= 0.3 is 12.0 Å². The van der Waals surface area contributed by atoms with Crippen molar-refractivity contribution in [3.63, 3.8) is 0 Å². The number of rotatable bonds is 8. The molecule has 4 rings (SSSR count). The fourth-order valence-electron chi connectivity index (χ4n) is 3.08. The molecule has 32 heavy (non-hydrogen) atoms. The van der Waals surface area contributed by atoms with Crippen LogP contribution in [-0.2, 0) is 9.53 Å². The van der Waals surface area contributed by atoms with Crippen molar-refractivity contribution in [1.29, 1.82) is 0 Å². The number of aryl methyl sites for hydroxylation is 1. The summed E-state index contributed by atoms with van der Waals surface area (Å²) in [7, 11) is 0. The van der Waals surface area contributed by atoms with Crippen LogP contribution in [-0.4, -0.2) is 39.5 Å². The molecule has 1 unspecified atom stereocenters. The number of hydrogen-bond acceptors (Lipinski definition) is 8. The van der Waals surface area contributed by atoms with Crippen LogP contribution in [0, 0.1) is 6.92 Å². The van der Waals surface area contributed by atoms with Crippen molar-refractivity contribution in [2.24, 2.45) is 0 Å². The van der Waals surface area contributed by atoms with Gasteiger partial charge < -0.3 is 19.8 Å². The molecule has 0 fully saturated rings. The molecular formula is C21H21N5O4S2. The highest BCUT2D eigenvalue weighted by Gasteiger charge is 2.35. The minimum absolute atomic E-state index is 0.210. The van der Waals surface area contributed by atoms with Crippen molar-refractivity contribution in [2.75, 3.05) is 12.4 Å². The SMILES string of the molecule is CCOC(=O)C1=C(CSc2n[nH]c(/C=C/c3cccs3)n2)NC(=O)NC1c1ccc(C)o1. The number of aromatic nitrogens is 3. The molecule has 0 saturated heterocycles. The number of esters is 1. The summed E-state index contributed by atoms with van der Waals surface area (Å²) in [5, 5.41) is 15.0. The number of carbonyl (C=O) groups excluding carboxylic acids is 2. The number of aromatic amines is 1. The van der Waals surface area contributed by atoms with E-state index in [0.717, 1.165) is 4.88 Å². The molecule has 0 saturated carbocycles. The van der Waals surface area contributed by atoms with Crippen LogP contribution < -0.4 is 10.6 Å². The average molecular weight is 472 g/mol. The summed E-state index contributed by atoms with van der Waals surface area (Å²) in [5.74, 6) is 1.49. The fraction of sp³-hybridized carbons (Fsp3) is 0.238. The van der Waals surface area contributed by atoms with E-state index in [-0.39, 0.29) is 12.4 Å². The number of H-pyrrole nitrogens is 1. The predicted molar refractivity (Wildman–Crippen MR) is 122 cm³/mol. The van der Waals surface area contributed by atoms with Crippen LogP contribution in [0.25, 0.3) is 12.2 Å². The number of nitrogens with one attached hydrogen (secondary N) is 3. The molecule has 2 amide bonds. The van der Waals surface area contributed by atoms with Gasteiger partial charge in [-0.1, -0.05) is 17.8 Å². The van der Waals surface area contributed by atoms with E-state index in [9.17, 15) is 9.59 Å². The maximum Gasteiger partial charge on any atom is 0.338 e. The molecule has 4 heterocycles. The maximum absolute atomic E-state index is 12.8. The second-order valence-corrected chi connectivity index (χ2v) is 8.66. The van der Waals surface area contributed by atoms with E-state index in [0.29, 0.717) is 33.8 Å². The van der Waals surface area contributed by atoms with Crippen LogP contribution in [0.3, 0.4) is 0 Å². The number of carbonyl (C=O) groups is 2. The number of nitrogens with zero attached hydrogens (tertiary/aromatic N) is 2. The molecule has 0 aromatic carbocycles. The van der Waals surface area contributed by atoms with Gasteiger partial charge in [0.2, 0.25) is 5.16 Å². The van der Waals surface area contributed by atoms with Gasteiger partial charge in [-0.2, -0.15) is 0 Å². The predicted octanol–water partition coefficient (Wildman–Crippen LogP) is 3.90. The summed E-state index contributed by atoms with van der Waals surface area (Å²) in [6.07, 6.45) is 3.79. The average Bonchev–Trinajstić information content (AvgIpc) is 3.52. The minimum Gasteiger partial charge on any atom is -0.464 e. The largest absolute Gasteiger partial charge is 0.464 e. The van der Waals surface area contributed by atoms with Crippen molar-refractivity contribution < 1.29 is 18.7 Å². The third kappa shape index (κ3) is 5.11. The molecule has 9 nitrogen and oxygen atoms in total. The molecule has 3 aromatic heterocycles. The lowest BCUT2D eigenvalue weighted by Crippen LogP contribution is -2.46. The topological polar surface area (TPSA) is 122 Å². The summed E-state index contributed by atoms with van der Waals surface area (Å²) < 4.78 is 10.9. The normalized spacial score (nSPS) is 16.3. The Morgan fingerprint density at radius 1 is 1.34 bits per heavy atom. The zero-order valence-corrected chi connectivity index (χ0v) is 19.0. The molecule has 3 aromatic rings. The van der Waals surface area contributed by atoms with Gasteiger partial charge in [0, 0.05) is 16.3 Å². The summed E-state index contributed by atoms with van der Waals surface area (Å²) >= 11 is 2.92. The van der Waals surface area contributed by atoms with Crippen molar-refractivity contribution in [3.8, 4) is 0 Å². The van der Waals surface area contributed by atoms with Crippen LogP contribution in [0.15, 0.2) is 50.5 Å². The number of urea groups is 1. The quantitative estimate of drug-likeness (QED) is 0.336. The Kier molecular flexibility index (Phi) is 6.76. The Morgan fingerprint density at radius 3 is 2.94 bits per heavy atom. The van der Waals surface area contributed by atoms with Crippen LogP contribution in [0.5, 0.6) is 0 Å². The van der Waals surface area contributed by atoms with Crippen LogP contribution in [0.2, 0.25) is 0 Å². The van der Waals surface area contributed by atoms with Crippen LogP contribution in [0.1, 0.15) is 35.2 Å². The third-order valence-corrected chi connectivity index (χ3v) is 6.18. The molecule has 1 aliphatic rings. The highest BCUT2D eigenvalue weighted by molar-refractivity contribution is 7.99. The molecule has 166 valence electrons. The molecule has 0 spiro atoms. The zero-order valence-electron chi connectivity index (χ0n) is 17.4. The monoisotopic (exact) mass is 471 g/mol. The number of amides is 2. The van der Waals surface area contributed by atoms with Crippen LogP contribution >= 0.6 is 23.1 Å². The molecule has 0 aliphatic carbocycles. The van der Waals surface area contributed by atoms with Gasteiger partial charge in [-0.05, 0) is 49.6 Å². The summed E-state index contributed by atoms with van der Waals surface area (Å²) in [6, 6.07) is 6.32. The Labute approximate surface area is 192 Å². The molecule has 11 heteroatoms. The Balaban J connectivity index is 1.55. The number of thioether (sulfide) groups is 1. The minimum atomic E-state index is -0.747. The first-order valence-electron chi connectivity index (χ1n) is 9.84. The van der Waals surface area contributed by atoms with Gasteiger partial charge in [-0.3, -0.25) is 5.10 Å². The lowest BCUT2D eigenvalue weighted by molar-refractivity contribution is -0.139. The maximum atomic E-state index is 12.8. The van der Waals surface area contributed by atoms with E-state index >= 15 is 0 Å². The lowest BCUT2D eigenvalue weighted by Gasteiger charge is -2.27. The van der Waals surface area contributed by atoms with E-state index in [1.165, 1.54) is 11.8 Å². The highest BCUT2D eigenvalue weighted by atomic mass is 32.2. The van der Waals surface area contributed by atoms with Crippen molar-refractivity contribution >= 4 is 47.3 Å². The summed E-state index contributed by atoms with van der Waals surface area (Å²) in [6.45, 7) is 3.73. The number of ether oxygens (including phenoxy) is 1. The van der Waals surface area contributed by atoms with E-state index in [2.05, 4.69) is 25.8 Å². The number of furan rings is 1. The van der Waals surface area contributed by atoms with Crippen molar-refractivity contribution in [1.82, 2.24) is 25.8 Å². The molecule has 0 radical (unpaired) electrons.